The van der Waals surface area contributed by atoms with E-state index in [2.05, 4.69) is 9.97 Å². The molecule has 0 spiro atoms. The summed E-state index contributed by atoms with van der Waals surface area (Å²) in [6.45, 7) is 0.658. The van der Waals surface area contributed by atoms with Crippen molar-refractivity contribution in [1.29, 1.82) is 0 Å². The Balaban J connectivity index is 1.59. The van der Waals surface area contributed by atoms with Crippen molar-refractivity contribution in [3.63, 3.8) is 0 Å². The average molecular weight is 369 g/mol. The molecule has 3 aromatic rings. The number of amides is 1. The maximum atomic E-state index is 13.9. The first kappa shape index (κ1) is 17.2. The van der Waals surface area contributed by atoms with Gasteiger partial charge in [0.2, 0.25) is 0 Å². The molecule has 7 heteroatoms. The van der Waals surface area contributed by atoms with E-state index in [0.717, 1.165) is 28.8 Å². The smallest absolute Gasteiger partial charge is 0.257 e. The first-order valence-corrected chi connectivity index (χ1v) is 8.52. The van der Waals surface area contributed by atoms with Gasteiger partial charge in [-0.05, 0) is 24.3 Å². The Labute approximate surface area is 154 Å². The second kappa shape index (κ2) is 6.83. The molecule has 0 fully saturated rings. The molecular weight excluding hydrogens is 352 g/mol. The highest BCUT2D eigenvalue weighted by atomic mass is 19.2. The first-order valence-electron chi connectivity index (χ1n) is 8.52. The minimum atomic E-state index is -1.12. The molecule has 1 aromatic heterocycles. The Morgan fingerprint density at radius 2 is 2.04 bits per heavy atom. The first-order chi connectivity index (χ1) is 13.1. The third kappa shape index (κ3) is 3.16. The third-order valence-corrected chi connectivity index (χ3v) is 4.64. The second-order valence-corrected chi connectivity index (χ2v) is 6.32. The standard InChI is InChI=1S/C20H17F2N3O2/c1-27-13-5-2-4-12(10-13)19-23-16-8-9-25(11-17(16)24-19)20(26)14-6-3-7-15(21)18(14)22/h2-7,10H,8-9,11H2,1H3,(H,23,24). The number of aromatic amines is 1. The number of carbonyl (C=O) groups excluding carboxylic acids is 1. The van der Waals surface area contributed by atoms with Crippen LogP contribution in [0.2, 0.25) is 0 Å². The van der Waals surface area contributed by atoms with Crippen LogP contribution in [-0.4, -0.2) is 34.4 Å². The van der Waals surface area contributed by atoms with Crippen molar-refractivity contribution in [3.05, 3.63) is 71.1 Å². The van der Waals surface area contributed by atoms with Gasteiger partial charge in [0.1, 0.15) is 11.6 Å². The number of nitrogens with one attached hydrogen (secondary N) is 1. The largest absolute Gasteiger partial charge is 0.497 e. The van der Waals surface area contributed by atoms with Crippen LogP contribution in [0.5, 0.6) is 5.75 Å². The van der Waals surface area contributed by atoms with Gasteiger partial charge >= 0.3 is 0 Å². The zero-order valence-electron chi connectivity index (χ0n) is 14.6. The molecule has 0 saturated heterocycles. The Bertz CT molecular complexity index is 1020. The van der Waals surface area contributed by atoms with E-state index in [9.17, 15) is 13.6 Å². The monoisotopic (exact) mass is 369 g/mol. The average Bonchev–Trinajstić information content (AvgIpc) is 3.13. The highest BCUT2D eigenvalue weighted by molar-refractivity contribution is 5.94. The summed E-state index contributed by atoms with van der Waals surface area (Å²) in [6.07, 6.45) is 0.540. The number of methoxy groups -OCH3 is 1. The summed E-state index contributed by atoms with van der Waals surface area (Å²) >= 11 is 0. The van der Waals surface area contributed by atoms with Crippen LogP contribution in [0.25, 0.3) is 11.4 Å². The molecule has 1 aliphatic rings. The summed E-state index contributed by atoms with van der Waals surface area (Å²) < 4.78 is 32.6. The van der Waals surface area contributed by atoms with Crippen LogP contribution in [0.4, 0.5) is 8.78 Å². The number of halogens is 2. The summed E-state index contributed by atoms with van der Waals surface area (Å²) in [5.74, 6) is -1.27. The third-order valence-electron chi connectivity index (χ3n) is 4.64. The second-order valence-electron chi connectivity index (χ2n) is 6.32. The van der Waals surface area contributed by atoms with Crippen molar-refractivity contribution >= 4 is 5.91 Å². The molecule has 0 aliphatic carbocycles. The number of rotatable bonds is 3. The summed E-state index contributed by atoms with van der Waals surface area (Å²) in [5.41, 5.74) is 2.28. The number of ether oxygens (including phenoxy) is 1. The number of carbonyl (C=O) groups is 1. The van der Waals surface area contributed by atoms with Gasteiger partial charge in [-0.15, -0.1) is 0 Å². The van der Waals surface area contributed by atoms with Crippen molar-refractivity contribution in [1.82, 2.24) is 14.9 Å². The number of benzene rings is 2. The van der Waals surface area contributed by atoms with Crippen molar-refractivity contribution < 1.29 is 18.3 Å². The Morgan fingerprint density at radius 1 is 1.22 bits per heavy atom. The van der Waals surface area contributed by atoms with Crippen molar-refractivity contribution in [3.8, 4) is 17.1 Å². The van der Waals surface area contributed by atoms with E-state index in [-0.39, 0.29) is 12.1 Å². The summed E-state index contributed by atoms with van der Waals surface area (Å²) in [7, 11) is 1.60. The quantitative estimate of drug-likeness (QED) is 0.768. The maximum absolute atomic E-state index is 13.9. The van der Waals surface area contributed by atoms with Gasteiger partial charge in [-0.25, -0.2) is 13.8 Å². The van der Waals surface area contributed by atoms with E-state index in [4.69, 9.17) is 4.74 Å². The van der Waals surface area contributed by atoms with Crippen molar-refractivity contribution in [2.24, 2.45) is 0 Å². The van der Waals surface area contributed by atoms with Crippen LogP contribution in [0.1, 0.15) is 21.7 Å². The fraction of sp³-hybridized carbons (Fsp3) is 0.200. The molecule has 1 aliphatic heterocycles. The van der Waals surface area contributed by atoms with Crippen LogP contribution in [0.15, 0.2) is 42.5 Å². The Morgan fingerprint density at radius 3 is 2.85 bits per heavy atom. The van der Waals surface area contributed by atoms with Gasteiger partial charge in [0.25, 0.3) is 5.91 Å². The molecule has 0 bridgehead atoms. The van der Waals surface area contributed by atoms with Gasteiger partial charge in [0.05, 0.1) is 30.6 Å². The molecule has 0 radical (unpaired) electrons. The van der Waals surface area contributed by atoms with Gasteiger partial charge in [-0.1, -0.05) is 18.2 Å². The van der Waals surface area contributed by atoms with Crippen LogP contribution in [0, 0.1) is 11.6 Å². The maximum Gasteiger partial charge on any atom is 0.257 e. The normalized spacial score (nSPS) is 13.4. The minimum absolute atomic E-state index is 0.258. The predicted molar refractivity (Wildman–Crippen MR) is 95.4 cm³/mol. The highest BCUT2D eigenvalue weighted by Gasteiger charge is 2.27. The molecule has 2 heterocycles. The summed E-state index contributed by atoms with van der Waals surface area (Å²) in [6, 6.07) is 11.1. The Hall–Kier alpha value is -3.22. The van der Waals surface area contributed by atoms with Crippen LogP contribution in [-0.2, 0) is 13.0 Å². The van der Waals surface area contributed by atoms with Crippen LogP contribution < -0.4 is 4.74 Å². The fourth-order valence-corrected chi connectivity index (χ4v) is 3.21. The van der Waals surface area contributed by atoms with Gasteiger partial charge in [-0.3, -0.25) is 4.79 Å². The Kier molecular flexibility index (Phi) is 4.35. The minimum Gasteiger partial charge on any atom is -0.497 e. The molecule has 1 N–H and O–H groups in total. The number of hydrogen-bond acceptors (Lipinski definition) is 3. The zero-order valence-corrected chi connectivity index (χ0v) is 14.6. The zero-order chi connectivity index (χ0) is 19.0. The van der Waals surface area contributed by atoms with E-state index in [0.29, 0.717) is 18.8 Å². The topological polar surface area (TPSA) is 58.2 Å². The summed E-state index contributed by atoms with van der Waals surface area (Å²) in [4.78, 5) is 22.0. The fourth-order valence-electron chi connectivity index (χ4n) is 3.21. The van der Waals surface area contributed by atoms with Crippen molar-refractivity contribution in [2.45, 2.75) is 13.0 Å². The van der Waals surface area contributed by atoms with Crippen LogP contribution >= 0.6 is 0 Å². The van der Waals surface area contributed by atoms with Gasteiger partial charge in [0, 0.05) is 18.5 Å². The molecule has 1 amide bonds. The molecule has 2 aromatic carbocycles. The number of imidazole rings is 1. The number of fused-ring (bicyclic) bond motifs is 1. The van der Waals surface area contributed by atoms with Gasteiger partial charge in [-0.2, -0.15) is 0 Å². The van der Waals surface area contributed by atoms with Crippen LogP contribution in [0.3, 0.4) is 0 Å². The molecule has 4 rings (SSSR count). The molecule has 138 valence electrons. The lowest BCUT2D eigenvalue weighted by Gasteiger charge is -2.26. The lowest BCUT2D eigenvalue weighted by Crippen LogP contribution is -2.36. The number of hydrogen-bond donors (Lipinski definition) is 1. The summed E-state index contributed by atoms with van der Waals surface area (Å²) in [5, 5.41) is 0. The number of H-pyrrole nitrogens is 1. The lowest BCUT2D eigenvalue weighted by molar-refractivity contribution is 0.0726. The SMILES string of the molecule is COc1cccc(-c2nc3c([nH]2)CN(C(=O)c2cccc(F)c2F)CC3)c1. The highest BCUT2D eigenvalue weighted by Crippen LogP contribution is 2.26. The molecule has 0 saturated carbocycles. The van der Waals surface area contributed by atoms with E-state index in [1.165, 1.54) is 17.0 Å². The molecule has 27 heavy (non-hydrogen) atoms. The van der Waals surface area contributed by atoms with E-state index in [1.807, 2.05) is 24.3 Å². The molecule has 0 atom stereocenters. The number of nitrogens with zero attached hydrogens (tertiary/aromatic N) is 2. The molecule has 0 unspecified atom stereocenters. The molecular formula is C20H17F2N3O2. The predicted octanol–water partition coefficient (Wildman–Crippen LogP) is 3.56. The van der Waals surface area contributed by atoms with Gasteiger partial charge in [0.15, 0.2) is 11.6 Å². The molecule has 5 nitrogen and oxygen atoms in total. The van der Waals surface area contributed by atoms with E-state index >= 15 is 0 Å². The van der Waals surface area contributed by atoms with E-state index in [1.54, 1.807) is 7.11 Å². The van der Waals surface area contributed by atoms with E-state index < -0.39 is 17.5 Å². The van der Waals surface area contributed by atoms with Gasteiger partial charge < -0.3 is 14.6 Å². The lowest BCUT2D eigenvalue weighted by atomic mass is 10.1. The van der Waals surface area contributed by atoms with Crippen molar-refractivity contribution in [2.75, 3.05) is 13.7 Å². The number of aromatic nitrogens is 2.